The average Bonchev–Trinajstić information content (AvgIpc) is 2.30. The first-order valence-corrected chi connectivity index (χ1v) is 4.85. The molecule has 1 aliphatic heterocycles. The molecule has 0 N–H and O–H groups in total. The largest absolute Gasteiger partial charge is 0.298 e. The summed E-state index contributed by atoms with van der Waals surface area (Å²) >= 11 is 0. The van der Waals surface area contributed by atoms with Crippen LogP contribution < -0.4 is 4.90 Å². The number of hydrogen-bond acceptors (Lipinski definition) is 2. The lowest BCUT2D eigenvalue weighted by atomic mass is 10.1. The molecule has 15 heavy (non-hydrogen) atoms. The van der Waals surface area contributed by atoms with Crippen molar-refractivity contribution in [2.45, 2.75) is 12.8 Å². The molecule has 1 amide bonds. The van der Waals surface area contributed by atoms with E-state index in [1.807, 2.05) is 6.08 Å². The summed E-state index contributed by atoms with van der Waals surface area (Å²) in [5.74, 6) is 0.0938. The Hall–Kier alpha value is -1.90. The number of hydrogen-bond donors (Lipinski definition) is 0. The molecule has 1 aliphatic rings. The van der Waals surface area contributed by atoms with Gasteiger partial charge in [0.1, 0.15) is 6.29 Å². The molecular weight excluding hydrogens is 190 g/mol. The summed E-state index contributed by atoms with van der Waals surface area (Å²) in [6.07, 6.45) is 5.89. The van der Waals surface area contributed by atoms with E-state index in [2.05, 4.69) is 0 Å². The van der Waals surface area contributed by atoms with Crippen LogP contribution in [0.2, 0.25) is 0 Å². The van der Waals surface area contributed by atoms with Crippen LogP contribution >= 0.6 is 0 Å². The molecule has 0 bridgehead atoms. The summed E-state index contributed by atoms with van der Waals surface area (Å²) < 4.78 is 0. The van der Waals surface area contributed by atoms with Crippen molar-refractivity contribution in [1.82, 2.24) is 0 Å². The summed E-state index contributed by atoms with van der Waals surface area (Å²) in [4.78, 5) is 23.6. The number of allylic oxidation sites excluding steroid dienone is 1. The summed E-state index contributed by atoms with van der Waals surface area (Å²) in [7, 11) is 0. The lowest BCUT2D eigenvalue weighted by molar-refractivity contribution is -0.118. The van der Waals surface area contributed by atoms with E-state index in [-0.39, 0.29) is 5.91 Å². The van der Waals surface area contributed by atoms with Crippen LogP contribution in [0.4, 0.5) is 5.69 Å². The first-order chi connectivity index (χ1) is 7.31. The van der Waals surface area contributed by atoms with Crippen molar-refractivity contribution in [2.75, 3.05) is 4.90 Å². The predicted molar refractivity (Wildman–Crippen MR) is 57.7 cm³/mol. The molecule has 0 saturated heterocycles. The molecule has 2 rings (SSSR count). The highest BCUT2D eigenvalue weighted by atomic mass is 16.2. The minimum absolute atomic E-state index is 0.0938. The van der Waals surface area contributed by atoms with Gasteiger partial charge < -0.3 is 0 Å². The van der Waals surface area contributed by atoms with Crippen molar-refractivity contribution in [2.24, 2.45) is 0 Å². The Kier molecular flexibility index (Phi) is 2.63. The van der Waals surface area contributed by atoms with Gasteiger partial charge in [-0.15, -0.1) is 0 Å². The Labute approximate surface area is 88.0 Å². The lowest BCUT2D eigenvalue weighted by Crippen LogP contribution is -2.27. The Morgan fingerprint density at radius 1 is 1.20 bits per heavy atom. The molecule has 1 aromatic carbocycles. The van der Waals surface area contributed by atoms with Gasteiger partial charge in [-0.1, -0.05) is 6.08 Å². The first kappa shape index (κ1) is 9.65. The number of carbonyl (C=O) groups is 2. The van der Waals surface area contributed by atoms with Crippen LogP contribution in [-0.4, -0.2) is 12.2 Å². The van der Waals surface area contributed by atoms with Gasteiger partial charge in [0.15, 0.2) is 0 Å². The maximum Gasteiger partial charge on any atom is 0.231 e. The number of anilines is 1. The summed E-state index contributed by atoms with van der Waals surface area (Å²) in [6, 6.07) is 6.96. The Morgan fingerprint density at radius 3 is 2.53 bits per heavy atom. The van der Waals surface area contributed by atoms with E-state index in [4.69, 9.17) is 0 Å². The third kappa shape index (κ3) is 1.96. The smallest absolute Gasteiger partial charge is 0.231 e. The zero-order chi connectivity index (χ0) is 10.7. The maximum atomic E-state index is 11.6. The van der Waals surface area contributed by atoms with Gasteiger partial charge in [0.2, 0.25) is 5.91 Å². The molecular formula is C12H11NO2. The molecule has 0 aromatic heterocycles. The molecule has 76 valence electrons. The van der Waals surface area contributed by atoms with Crippen molar-refractivity contribution >= 4 is 17.9 Å². The van der Waals surface area contributed by atoms with E-state index in [1.54, 1.807) is 35.4 Å². The van der Waals surface area contributed by atoms with Gasteiger partial charge in [0, 0.05) is 23.9 Å². The highest BCUT2D eigenvalue weighted by Gasteiger charge is 2.15. The second kappa shape index (κ2) is 4.09. The maximum absolute atomic E-state index is 11.6. The first-order valence-electron chi connectivity index (χ1n) is 4.85. The summed E-state index contributed by atoms with van der Waals surface area (Å²) in [5, 5.41) is 0. The Balaban J connectivity index is 2.28. The quantitative estimate of drug-likeness (QED) is 0.687. The van der Waals surface area contributed by atoms with Crippen LogP contribution in [0.5, 0.6) is 0 Å². The van der Waals surface area contributed by atoms with Crippen molar-refractivity contribution in [1.29, 1.82) is 0 Å². The summed E-state index contributed by atoms with van der Waals surface area (Å²) in [5.41, 5.74) is 1.42. The van der Waals surface area contributed by atoms with E-state index in [1.165, 1.54) is 0 Å². The highest BCUT2D eigenvalue weighted by molar-refractivity contribution is 5.96. The number of amides is 1. The second-order valence-electron chi connectivity index (χ2n) is 3.40. The fourth-order valence-electron chi connectivity index (χ4n) is 1.53. The molecule has 1 heterocycles. The average molecular weight is 201 g/mol. The third-order valence-corrected chi connectivity index (χ3v) is 2.36. The molecule has 0 aliphatic carbocycles. The molecule has 0 saturated carbocycles. The zero-order valence-electron chi connectivity index (χ0n) is 8.22. The van der Waals surface area contributed by atoms with Crippen LogP contribution in [0.15, 0.2) is 36.5 Å². The van der Waals surface area contributed by atoms with Gasteiger partial charge in [0.25, 0.3) is 0 Å². The zero-order valence-corrected chi connectivity index (χ0v) is 8.22. The molecule has 0 spiro atoms. The van der Waals surface area contributed by atoms with E-state index in [0.29, 0.717) is 12.0 Å². The van der Waals surface area contributed by atoms with Gasteiger partial charge in [-0.2, -0.15) is 0 Å². The number of nitrogens with zero attached hydrogens (tertiary/aromatic N) is 1. The number of benzene rings is 1. The lowest BCUT2D eigenvalue weighted by Gasteiger charge is -2.21. The minimum Gasteiger partial charge on any atom is -0.298 e. The number of rotatable bonds is 2. The van der Waals surface area contributed by atoms with Crippen LogP contribution in [-0.2, 0) is 4.79 Å². The van der Waals surface area contributed by atoms with Crippen molar-refractivity contribution in [3.8, 4) is 0 Å². The van der Waals surface area contributed by atoms with Crippen LogP contribution in [0, 0.1) is 0 Å². The monoisotopic (exact) mass is 201 g/mol. The summed E-state index contributed by atoms with van der Waals surface area (Å²) in [6.45, 7) is 0. The highest BCUT2D eigenvalue weighted by Crippen LogP contribution is 2.19. The van der Waals surface area contributed by atoms with Crippen LogP contribution in [0.3, 0.4) is 0 Å². The molecule has 0 fully saturated rings. The SMILES string of the molecule is O=Cc1ccc(N2C=CCCC2=O)cc1. The van der Waals surface area contributed by atoms with E-state index in [0.717, 1.165) is 18.4 Å². The molecule has 0 radical (unpaired) electrons. The molecule has 3 nitrogen and oxygen atoms in total. The molecule has 3 heteroatoms. The van der Waals surface area contributed by atoms with Gasteiger partial charge >= 0.3 is 0 Å². The minimum atomic E-state index is 0.0938. The molecule has 0 atom stereocenters. The van der Waals surface area contributed by atoms with Crippen LogP contribution in [0.1, 0.15) is 23.2 Å². The Bertz CT molecular complexity index is 406. The predicted octanol–water partition coefficient (Wildman–Crippen LogP) is 2.14. The van der Waals surface area contributed by atoms with Crippen molar-refractivity contribution in [3.05, 3.63) is 42.1 Å². The standard InChI is InChI=1S/C12H11NO2/c14-9-10-4-6-11(7-5-10)13-8-2-1-3-12(13)15/h2,4-9H,1,3H2. The topological polar surface area (TPSA) is 37.4 Å². The molecule has 0 unspecified atom stereocenters. The number of carbonyl (C=O) groups excluding carboxylic acids is 2. The third-order valence-electron chi connectivity index (χ3n) is 2.36. The van der Waals surface area contributed by atoms with Gasteiger partial charge in [-0.05, 0) is 30.7 Å². The van der Waals surface area contributed by atoms with Gasteiger partial charge in [-0.25, -0.2) is 0 Å². The van der Waals surface area contributed by atoms with E-state index in [9.17, 15) is 9.59 Å². The Morgan fingerprint density at radius 2 is 1.93 bits per heavy atom. The van der Waals surface area contributed by atoms with E-state index < -0.39 is 0 Å². The second-order valence-corrected chi connectivity index (χ2v) is 3.40. The van der Waals surface area contributed by atoms with Crippen molar-refractivity contribution < 1.29 is 9.59 Å². The molecule has 1 aromatic rings. The van der Waals surface area contributed by atoms with Gasteiger partial charge in [0.05, 0.1) is 0 Å². The van der Waals surface area contributed by atoms with E-state index >= 15 is 0 Å². The fourth-order valence-corrected chi connectivity index (χ4v) is 1.53. The fraction of sp³-hybridized carbons (Fsp3) is 0.167. The van der Waals surface area contributed by atoms with Crippen molar-refractivity contribution in [3.63, 3.8) is 0 Å². The van der Waals surface area contributed by atoms with Crippen LogP contribution in [0.25, 0.3) is 0 Å². The normalized spacial score (nSPS) is 15.5. The number of aldehydes is 1. The van der Waals surface area contributed by atoms with Gasteiger partial charge in [-0.3, -0.25) is 14.5 Å².